The Morgan fingerprint density at radius 1 is 1.14 bits per heavy atom. The molecule has 3 nitrogen and oxygen atoms in total. The standard InChI is InChI=1S/C17H19N3S/c1-2-9-19-15(13-7-10-18-11-8-13)12-17-20-14-5-3-4-6-16(14)21-17/h3-8,10-11,15,19H,2,9,12H2,1H3. The first kappa shape index (κ1) is 14.2. The molecule has 0 radical (unpaired) electrons. The van der Waals surface area contributed by atoms with Gasteiger partial charge in [-0.2, -0.15) is 0 Å². The molecule has 0 aliphatic carbocycles. The van der Waals surface area contributed by atoms with Crippen LogP contribution in [0.5, 0.6) is 0 Å². The van der Waals surface area contributed by atoms with Crippen molar-refractivity contribution >= 4 is 21.6 Å². The number of hydrogen-bond donors (Lipinski definition) is 1. The van der Waals surface area contributed by atoms with Crippen molar-refractivity contribution in [3.63, 3.8) is 0 Å². The van der Waals surface area contributed by atoms with Crippen molar-refractivity contribution in [1.29, 1.82) is 0 Å². The van der Waals surface area contributed by atoms with E-state index >= 15 is 0 Å². The van der Waals surface area contributed by atoms with Crippen molar-refractivity contribution in [2.75, 3.05) is 6.54 Å². The van der Waals surface area contributed by atoms with Gasteiger partial charge in [0.15, 0.2) is 0 Å². The molecule has 4 heteroatoms. The van der Waals surface area contributed by atoms with E-state index in [4.69, 9.17) is 4.98 Å². The molecule has 2 aromatic heterocycles. The van der Waals surface area contributed by atoms with Crippen LogP contribution in [0.15, 0.2) is 48.8 Å². The summed E-state index contributed by atoms with van der Waals surface area (Å²) in [5.74, 6) is 0. The first-order valence-electron chi connectivity index (χ1n) is 7.34. The number of hydrogen-bond acceptors (Lipinski definition) is 4. The minimum Gasteiger partial charge on any atom is -0.310 e. The zero-order chi connectivity index (χ0) is 14.5. The zero-order valence-corrected chi connectivity index (χ0v) is 12.9. The fourth-order valence-electron chi connectivity index (χ4n) is 2.40. The quantitative estimate of drug-likeness (QED) is 0.748. The van der Waals surface area contributed by atoms with Crippen molar-refractivity contribution in [3.8, 4) is 0 Å². The van der Waals surface area contributed by atoms with Crippen LogP contribution in [0.3, 0.4) is 0 Å². The van der Waals surface area contributed by atoms with E-state index in [0.29, 0.717) is 6.04 Å². The van der Waals surface area contributed by atoms with Gasteiger partial charge in [-0.1, -0.05) is 19.1 Å². The molecule has 3 rings (SSSR count). The van der Waals surface area contributed by atoms with Crippen LogP contribution in [-0.4, -0.2) is 16.5 Å². The van der Waals surface area contributed by atoms with Gasteiger partial charge in [-0.05, 0) is 42.8 Å². The lowest BCUT2D eigenvalue weighted by Gasteiger charge is -2.17. The van der Waals surface area contributed by atoms with Gasteiger partial charge in [0, 0.05) is 24.9 Å². The highest BCUT2D eigenvalue weighted by molar-refractivity contribution is 7.18. The second kappa shape index (κ2) is 6.78. The molecule has 108 valence electrons. The third-order valence-corrected chi connectivity index (χ3v) is 4.52. The molecule has 1 atom stereocenters. The van der Waals surface area contributed by atoms with Gasteiger partial charge in [-0.15, -0.1) is 11.3 Å². The number of nitrogens with one attached hydrogen (secondary N) is 1. The topological polar surface area (TPSA) is 37.8 Å². The summed E-state index contributed by atoms with van der Waals surface area (Å²) in [5, 5.41) is 4.80. The van der Waals surface area contributed by atoms with Crippen LogP contribution in [-0.2, 0) is 6.42 Å². The van der Waals surface area contributed by atoms with Crippen molar-refractivity contribution in [1.82, 2.24) is 15.3 Å². The normalized spacial score (nSPS) is 12.6. The Balaban J connectivity index is 1.83. The van der Waals surface area contributed by atoms with Gasteiger partial charge in [0.05, 0.1) is 15.2 Å². The van der Waals surface area contributed by atoms with Crippen LogP contribution in [0, 0.1) is 0 Å². The van der Waals surface area contributed by atoms with Gasteiger partial charge in [-0.3, -0.25) is 4.98 Å². The van der Waals surface area contributed by atoms with Gasteiger partial charge in [-0.25, -0.2) is 4.98 Å². The second-order valence-corrected chi connectivity index (χ2v) is 6.18. The van der Waals surface area contributed by atoms with Crippen LogP contribution < -0.4 is 5.32 Å². The van der Waals surface area contributed by atoms with E-state index in [1.54, 1.807) is 11.3 Å². The summed E-state index contributed by atoms with van der Waals surface area (Å²) in [6.45, 7) is 3.20. The van der Waals surface area contributed by atoms with Gasteiger partial charge in [0.2, 0.25) is 0 Å². The summed E-state index contributed by atoms with van der Waals surface area (Å²) in [6, 6.07) is 12.8. The lowest BCUT2D eigenvalue weighted by molar-refractivity contribution is 0.528. The van der Waals surface area contributed by atoms with Crippen LogP contribution in [0.25, 0.3) is 10.2 Å². The molecule has 0 aliphatic heterocycles. The maximum Gasteiger partial charge on any atom is 0.0957 e. The molecule has 1 unspecified atom stereocenters. The first-order valence-corrected chi connectivity index (χ1v) is 8.16. The molecule has 1 N–H and O–H groups in total. The highest BCUT2D eigenvalue weighted by atomic mass is 32.1. The molecule has 1 aromatic carbocycles. The van der Waals surface area contributed by atoms with Gasteiger partial charge in [0.25, 0.3) is 0 Å². The van der Waals surface area contributed by atoms with E-state index in [2.05, 4.69) is 47.6 Å². The largest absolute Gasteiger partial charge is 0.310 e. The van der Waals surface area contributed by atoms with Crippen LogP contribution >= 0.6 is 11.3 Å². The highest BCUT2D eigenvalue weighted by Gasteiger charge is 2.14. The van der Waals surface area contributed by atoms with Crippen LogP contribution in [0.4, 0.5) is 0 Å². The lowest BCUT2D eigenvalue weighted by Crippen LogP contribution is -2.24. The Morgan fingerprint density at radius 2 is 1.95 bits per heavy atom. The Kier molecular flexibility index (Phi) is 4.58. The van der Waals surface area contributed by atoms with E-state index in [1.165, 1.54) is 15.3 Å². The minimum atomic E-state index is 0.300. The van der Waals surface area contributed by atoms with E-state index < -0.39 is 0 Å². The molecule has 0 spiro atoms. The highest BCUT2D eigenvalue weighted by Crippen LogP contribution is 2.26. The van der Waals surface area contributed by atoms with Crippen molar-refractivity contribution < 1.29 is 0 Å². The van der Waals surface area contributed by atoms with Crippen molar-refractivity contribution in [2.24, 2.45) is 0 Å². The number of pyridine rings is 1. The summed E-state index contributed by atoms with van der Waals surface area (Å²) in [5.41, 5.74) is 2.37. The van der Waals surface area contributed by atoms with Crippen LogP contribution in [0.1, 0.15) is 30.0 Å². The SMILES string of the molecule is CCCNC(Cc1nc2ccccc2s1)c1ccncc1. The summed E-state index contributed by atoms with van der Waals surface area (Å²) in [4.78, 5) is 8.86. The third kappa shape index (κ3) is 3.46. The number of nitrogens with zero attached hydrogens (tertiary/aromatic N) is 2. The Morgan fingerprint density at radius 3 is 2.71 bits per heavy atom. The minimum absolute atomic E-state index is 0.300. The molecule has 0 fully saturated rings. The average Bonchev–Trinajstić information content (AvgIpc) is 2.94. The molecule has 21 heavy (non-hydrogen) atoms. The molecule has 2 heterocycles. The fraction of sp³-hybridized carbons (Fsp3) is 0.294. The van der Waals surface area contributed by atoms with Gasteiger partial charge in [0.1, 0.15) is 0 Å². The third-order valence-electron chi connectivity index (χ3n) is 3.47. The first-order chi connectivity index (χ1) is 10.4. The number of fused-ring (bicyclic) bond motifs is 1. The predicted molar refractivity (Wildman–Crippen MR) is 88.6 cm³/mol. The molecular weight excluding hydrogens is 278 g/mol. The summed E-state index contributed by atoms with van der Waals surface area (Å²) in [7, 11) is 0. The number of aromatic nitrogens is 2. The van der Waals surface area contributed by atoms with E-state index in [-0.39, 0.29) is 0 Å². The van der Waals surface area contributed by atoms with E-state index in [0.717, 1.165) is 24.9 Å². The van der Waals surface area contributed by atoms with Crippen LogP contribution in [0.2, 0.25) is 0 Å². The number of para-hydroxylation sites is 1. The predicted octanol–water partition coefficient (Wildman–Crippen LogP) is 3.97. The van der Waals surface area contributed by atoms with Crippen molar-refractivity contribution in [2.45, 2.75) is 25.8 Å². The monoisotopic (exact) mass is 297 g/mol. The molecule has 0 saturated carbocycles. The molecular formula is C17H19N3S. The lowest BCUT2D eigenvalue weighted by atomic mass is 10.1. The maximum atomic E-state index is 4.75. The smallest absolute Gasteiger partial charge is 0.0957 e. The number of thiazole rings is 1. The summed E-state index contributed by atoms with van der Waals surface area (Å²) >= 11 is 1.79. The molecule has 3 aromatic rings. The Labute approximate surface area is 129 Å². The Hall–Kier alpha value is -1.78. The fourth-order valence-corrected chi connectivity index (χ4v) is 3.42. The number of benzene rings is 1. The van der Waals surface area contributed by atoms with Crippen molar-refractivity contribution in [3.05, 3.63) is 59.4 Å². The zero-order valence-electron chi connectivity index (χ0n) is 12.1. The van der Waals surface area contributed by atoms with E-state index in [9.17, 15) is 0 Å². The molecule has 0 saturated heterocycles. The summed E-state index contributed by atoms with van der Waals surface area (Å²) < 4.78 is 1.26. The average molecular weight is 297 g/mol. The molecule has 0 aliphatic rings. The number of rotatable bonds is 6. The Bertz CT molecular complexity index is 660. The summed E-state index contributed by atoms with van der Waals surface area (Å²) in [6.07, 6.45) is 5.76. The maximum absolute atomic E-state index is 4.75. The molecule has 0 bridgehead atoms. The molecule has 0 amide bonds. The van der Waals surface area contributed by atoms with Gasteiger partial charge >= 0.3 is 0 Å². The van der Waals surface area contributed by atoms with E-state index in [1.807, 2.05) is 18.5 Å². The second-order valence-electron chi connectivity index (χ2n) is 5.07. The van der Waals surface area contributed by atoms with Gasteiger partial charge < -0.3 is 5.32 Å².